The second kappa shape index (κ2) is 6.26. The molecule has 0 aliphatic carbocycles. The van der Waals surface area contributed by atoms with Crippen LogP contribution < -0.4 is 0 Å². The fourth-order valence-corrected chi connectivity index (χ4v) is 2.35. The number of amides is 1. The predicted molar refractivity (Wildman–Crippen MR) is 77.8 cm³/mol. The molecule has 0 spiro atoms. The maximum atomic E-state index is 12.3. The Kier molecular flexibility index (Phi) is 5.28. The highest BCUT2D eigenvalue weighted by Crippen LogP contribution is 2.21. The molecule has 0 fully saturated rings. The van der Waals surface area contributed by atoms with E-state index in [9.17, 15) is 4.79 Å². The van der Waals surface area contributed by atoms with Crippen molar-refractivity contribution in [2.45, 2.75) is 24.8 Å². The molecule has 0 N–H and O–H groups in total. The maximum Gasteiger partial charge on any atom is 0.255 e. The standard InChI is InChI=1S/C13H16BrNOS/c1-4-7-15(9(2)3)13(16)11-6-5-10(14)8-12(11)17/h4-6,8-9,17H,1,7H2,2-3H3. The first kappa shape index (κ1) is 14.3. The molecule has 0 aliphatic rings. The molecule has 0 bridgehead atoms. The number of rotatable bonds is 4. The van der Waals surface area contributed by atoms with Gasteiger partial charge in [0.2, 0.25) is 0 Å². The lowest BCUT2D eigenvalue weighted by atomic mass is 10.1. The van der Waals surface area contributed by atoms with E-state index in [1.54, 1.807) is 17.0 Å². The first-order chi connectivity index (χ1) is 7.97. The van der Waals surface area contributed by atoms with Crippen LogP contribution in [0.5, 0.6) is 0 Å². The number of carbonyl (C=O) groups excluding carboxylic acids is 1. The predicted octanol–water partition coefficient (Wildman–Crippen LogP) is 3.77. The Morgan fingerprint density at radius 3 is 2.71 bits per heavy atom. The van der Waals surface area contributed by atoms with Crippen LogP contribution in [0.2, 0.25) is 0 Å². The van der Waals surface area contributed by atoms with Crippen molar-refractivity contribution in [1.82, 2.24) is 4.90 Å². The number of halogens is 1. The zero-order valence-electron chi connectivity index (χ0n) is 9.98. The summed E-state index contributed by atoms with van der Waals surface area (Å²) in [6.45, 7) is 8.19. The lowest BCUT2D eigenvalue weighted by molar-refractivity contribution is 0.0725. The van der Waals surface area contributed by atoms with Gasteiger partial charge in [0.15, 0.2) is 0 Å². The zero-order chi connectivity index (χ0) is 13.0. The molecule has 17 heavy (non-hydrogen) atoms. The average Bonchev–Trinajstić information content (AvgIpc) is 2.24. The Labute approximate surface area is 116 Å². The number of benzene rings is 1. The monoisotopic (exact) mass is 313 g/mol. The van der Waals surface area contributed by atoms with E-state index in [4.69, 9.17) is 0 Å². The average molecular weight is 314 g/mol. The summed E-state index contributed by atoms with van der Waals surface area (Å²) >= 11 is 7.69. The third-order valence-electron chi connectivity index (χ3n) is 2.40. The molecule has 1 amide bonds. The quantitative estimate of drug-likeness (QED) is 0.662. The summed E-state index contributed by atoms with van der Waals surface area (Å²) < 4.78 is 0.916. The Morgan fingerprint density at radius 2 is 2.24 bits per heavy atom. The highest BCUT2D eigenvalue weighted by molar-refractivity contribution is 9.10. The molecule has 0 aliphatic heterocycles. The van der Waals surface area contributed by atoms with E-state index < -0.39 is 0 Å². The van der Waals surface area contributed by atoms with Gasteiger partial charge in [0.1, 0.15) is 0 Å². The summed E-state index contributed by atoms with van der Waals surface area (Å²) in [4.78, 5) is 14.8. The van der Waals surface area contributed by atoms with E-state index in [2.05, 4.69) is 35.1 Å². The lowest BCUT2D eigenvalue weighted by Crippen LogP contribution is -2.37. The summed E-state index contributed by atoms with van der Waals surface area (Å²) in [5.74, 6) is -0.0163. The Morgan fingerprint density at radius 1 is 1.59 bits per heavy atom. The molecule has 0 saturated carbocycles. The van der Waals surface area contributed by atoms with Gasteiger partial charge < -0.3 is 4.90 Å². The van der Waals surface area contributed by atoms with Gasteiger partial charge in [-0.15, -0.1) is 19.2 Å². The fraction of sp³-hybridized carbons (Fsp3) is 0.308. The molecule has 2 nitrogen and oxygen atoms in total. The maximum absolute atomic E-state index is 12.3. The van der Waals surface area contributed by atoms with Crippen molar-refractivity contribution in [2.75, 3.05) is 6.54 Å². The van der Waals surface area contributed by atoms with Crippen molar-refractivity contribution in [3.05, 3.63) is 40.9 Å². The SMILES string of the molecule is C=CCN(C(=O)c1ccc(Br)cc1S)C(C)C. The topological polar surface area (TPSA) is 20.3 Å². The van der Waals surface area contributed by atoms with Gasteiger partial charge in [-0.2, -0.15) is 0 Å². The minimum absolute atomic E-state index is 0.0163. The molecule has 92 valence electrons. The van der Waals surface area contributed by atoms with Crippen molar-refractivity contribution >= 4 is 34.5 Å². The van der Waals surface area contributed by atoms with E-state index in [-0.39, 0.29) is 11.9 Å². The summed E-state index contributed by atoms with van der Waals surface area (Å²) in [7, 11) is 0. The molecule has 0 heterocycles. The first-order valence-electron chi connectivity index (χ1n) is 5.37. The normalized spacial score (nSPS) is 10.4. The van der Waals surface area contributed by atoms with Crippen LogP contribution >= 0.6 is 28.6 Å². The van der Waals surface area contributed by atoms with E-state index >= 15 is 0 Å². The number of carbonyl (C=O) groups is 1. The van der Waals surface area contributed by atoms with Gasteiger partial charge in [-0.05, 0) is 32.0 Å². The molecule has 4 heteroatoms. The van der Waals surface area contributed by atoms with E-state index in [1.807, 2.05) is 26.0 Å². The zero-order valence-corrected chi connectivity index (χ0v) is 12.5. The largest absolute Gasteiger partial charge is 0.332 e. The van der Waals surface area contributed by atoms with Crippen LogP contribution in [0.15, 0.2) is 40.2 Å². The van der Waals surface area contributed by atoms with Crippen LogP contribution in [0.1, 0.15) is 24.2 Å². The molecule has 1 rings (SSSR count). The van der Waals surface area contributed by atoms with Gasteiger partial charge in [0, 0.05) is 22.0 Å². The van der Waals surface area contributed by atoms with Gasteiger partial charge in [-0.25, -0.2) is 0 Å². The van der Waals surface area contributed by atoms with Crippen molar-refractivity contribution < 1.29 is 4.79 Å². The molecule has 0 atom stereocenters. The van der Waals surface area contributed by atoms with Crippen molar-refractivity contribution in [2.24, 2.45) is 0 Å². The molecule has 0 aromatic heterocycles. The minimum atomic E-state index is -0.0163. The summed E-state index contributed by atoms with van der Waals surface area (Å²) in [6, 6.07) is 5.59. The van der Waals surface area contributed by atoms with Gasteiger partial charge in [0.25, 0.3) is 5.91 Å². The highest BCUT2D eigenvalue weighted by atomic mass is 79.9. The van der Waals surface area contributed by atoms with Crippen LogP contribution in [-0.2, 0) is 0 Å². The van der Waals surface area contributed by atoms with Crippen LogP contribution in [0.3, 0.4) is 0 Å². The number of nitrogens with zero attached hydrogens (tertiary/aromatic N) is 1. The van der Waals surface area contributed by atoms with Crippen LogP contribution in [0, 0.1) is 0 Å². The van der Waals surface area contributed by atoms with Crippen molar-refractivity contribution in [3.63, 3.8) is 0 Å². The molecule has 1 aromatic rings. The van der Waals surface area contributed by atoms with E-state index in [1.165, 1.54) is 0 Å². The Bertz CT molecular complexity index is 431. The number of thiol groups is 1. The molecular weight excluding hydrogens is 298 g/mol. The van der Waals surface area contributed by atoms with E-state index in [0.717, 1.165) is 4.47 Å². The molecular formula is C13H16BrNOS. The van der Waals surface area contributed by atoms with Crippen molar-refractivity contribution in [3.8, 4) is 0 Å². The Balaban J connectivity index is 3.05. The number of hydrogen-bond acceptors (Lipinski definition) is 2. The second-order valence-electron chi connectivity index (χ2n) is 4.00. The third-order valence-corrected chi connectivity index (χ3v) is 3.26. The highest BCUT2D eigenvalue weighted by Gasteiger charge is 2.19. The van der Waals surface area contributed by atoms with Gasteiger partial charge in [0.05, 0.1) is 5.56 Å². The van der Waals surface area contributed by atoms with Crippen LogP contribution in [0.25, 0.3) is 0 Å². The fourth-order valence-electron chi connectivity index (χ4n) is 1.51. The summed E-state index contributed by atoms with van der Waals surface area (Å²) in [6.07, 6.45) is 1.73. The smallest absolute Gasteiger partial charge is 0.255 e. The Hall–Kier alpha value is -0.740. The first-order valence-corrected chi connectivity index (χ1v) is 6.61. The molecule has 1 aromatic carbocycles. The van der Waals surface area contributed by atoms with Gasteiger partial charge in [-0.1, -0.05) is 22.0 Å². The summed E-state index contributed by atoms with van der Waals surface area (Å²) in [5.41, 5.74) is 0.618. The van der Waals surface area contributed by atoms with Gasteiger partial charge in [-0.3, -0.25) is 4.79 Å². The lowest BCUT2D eigenvalue weighted by Gasteiger charge is -2.26. The molecule has 0 radical (unpaired) electrons. The van der Waals surface area contributed by atoms with E-state index in [0.29, 0.717) is 17.0 Å². The number of hydrogen-bond donors (Lipinski definition) is 1. The van der Waals surface area contributed by atoms with Crippen LogP contribution in [-0.4, -0.2) is 23.4 Å². The third kappa shape index (κ3) is 3.61. The van der Waals surface area contributed by atoms with Crippen LogP contribution in [0.4, 0.5) is 0 Å². The second-order valence-corrected chi connectivity index (χ2v) is 5.40. The molecule has 0 unspecified atom stereocenters. The molecule has 0 saturated heterocycles. The minimum Gasteiger partial charge on any atom is -0.332 e. The van der Waals surface area contributed by atoms with Gasteiger partial charge >= 0.3 is 0 Å². The van der Waals surface area contributed by atoms with Crippen molar-refractivity contribution in [1.29, 1.82) is 0 Å². The summed E-state index contributed by atoms with van der Waals surface area (Å²) in [5, 5.41) is 0.